The maximum Gasteiger partial charge on any atom is 0.212 e. The minimum absolute atomic E-state index is 0.0217. The molecule has 1 atom stereocenters. The summed E-state index contributed by atoms with van der Waals surface area (Å²) in [4.78, 5) is 0. The molecule has 0 unspecified atom stereocenters. The van der Waals surface area contributed by atoms with Crippen LogP contribution in [-0.2, 0) is 16.4 Å². The molecular formula is C24H26N4O3S2. The molecule has 0 amide bonds. The van der Waals surface area contributed by atoms with Gasteiger partial charge < -0.3 is 4.74 Å². The van der Waals surface area contributed by atoms with E-state index >= 15 is 0 Å². The molecule has 0 radical (unpaired) electrons. The smallest absolute Gasteiger partial charge is 0.212 e. The van der Waals surface area contributed by atoms with Crippen LogP contribution in [0.3, 0.4) is 0 Å². The molecule has 3 aromatic rings. The molecule has 0 fully saturated rings. The Balaban J connectivity index is 1.63. The molecule has 1 aliphatic rings. The Hall–Kier alpha value is -2.80. The minimum atomic E-state index is -3.30. The number of nitrogens with one attached hydrogen (secondary N) is 1. The molecule has 0 saturated heterocycles. The molecule has 172 valence electrons. The number of nitriles is 1. The molecule has 0 bridgehead atoms. The zero-order chi connectivity index (χ0) is 23.6. The first kappa shape index (κ1) is 23.4. The average molecular weight is 483 g/mol. The zero-order valence-corrected chi connectivity index (χ0v) is 20.5. The van der Waals surface area contributed by atoms with Crippen molar-refractivity contribution in [1.29, 1.82) is 5.26 Å². The number of sulfonamides is 1. The molecule has 1 N–H and O–H groups in total. The van der Waals surface area contributed by atoms with Gasteiger partial charge in [-0.2, -0.15) is 5.26 Å². The Morgan fingerprint density at radius 1 is 1.24 bits per heavy atom. The van der Waals surface area contributed by atoms with Gasteiger partial charge in [0.25, 0.3) is 0 Å². The lowest BCUT2D eigenvalue weighted by Gasteiger charge is -2.14. The molecule has 1 heterocycles. The first-order valence-corrected chi connectivity index (χ1v) is 13.4. The summed E-state index contributed by atoms with van der Waals surface area (Å²) in [5.74, 6) is 0.683. The van der Waals surface area contributed by atoms with Crippen LogP contribution in [0.2, 0.25) is 0 Å². The van der Waals surface area contributed by atoms with Crippen molar-refractivity contribution in [3.63, 3.8) is 0 Å². The van der Waals surface area contributed by atoms with Crippen molar-refractivity contribution in [3.05, 3.63) is 53.1 Å². The fourth-order valence-corrected chi connectivity index (χ4v) is 6.30. The van der Waals surface area contributed by atoms with Crippen molar-refractivity contribution in [2.45, 2.75) is 52.2 Å². The van der Waals surface area contributed by atoms with Crippen molar-refractivity contribution in [3.8, 4) is 33.0 Å². The van der Waals surface area contributed by atoms with Crippen LogP contribution >= 0.6 is 11.3 Å². The van der Waals surface area contributed by atoms with Crippen molar-refractivity contribution < 1.29 is 13.2 Å². The number of ether oxygens (including phenoxy) is 1. The summed E-state index contributed by atoms with van der Waals surface area (Å²) < 4.78 is 33.1. The van der Waals surface area contributed by atoms with E-state index in [-0.39, 0.29) is 17.9 Å². The van der Waals surface area contributed by atoms with Gasteiger partial charge in [-0.25, -0.2) is 13.1 Å². The summed E-state index contributed by atoms with van der Waals surface area (Å²) in [6, 6.07) is 13.4. The van der Waals surface area contributed by atoms with Crippen LogP contribution in [0.5, 0.6) is 5.75 Å². The van der Waals surface area contributed by atoms with E-state index in [1.165, 1.54) is 11.3 Å². The van der Waals surface area contributed by atoms with Gasteiger partial charge >= 0.3 is 0 Å². The number of hydrogen-bond donors (Lipinski definition) is 1. The molecule has 0 aliphatic heterocycles. The number of fused-ring (bicyclic) bond motifs is 1. The topological polar surface area (TPSA) is 105 Å². The van der Waals surface area contributed by atoms with E-state index in [9.17, 15) is 13.7 Å². The summed E-state index contributed by atoms with van der Waals surface area (Å²) in [6.07, 6.45) is 2.07. The predicted molar refractivity (Wildman–Crippen MR) is 130 cm³/mol. The first-order chi connectivity index (χ1) is 15.8. The third kappa shape index (κ3) is 5.08. The normalized spacial score (nSPS) is 15.4. The number of nitrogens with zero attached hydrogens (tertiary/aromatic N) is 3. The summed E-state index contributed by atoms with van der Waals surface area (Å²) in [5, 5.41) is 19.8. The van der Waals surface area contributed by atoms with Crippen molar-refractivity contribution >= 4 is 21.4 Å². The van der Waals surface area contributed by atoms with Gasteiger partial charge in [0.15, 0.2) is 0 Å². The Morgan fingerprint density at radius 3 is 2.76 bits per heavy atom. The lowest BCUT2D eigenvalue weighted by atomic mass is 10.0. The quantitative estimate of drug-likeness (QED) is 0.492. The second kappa shape index (κ2) is 9.59. The molecule has 0 saturated carbocycles. The molecule has 1 aliphatic carbocycles. The van der Waals surface area contributed by atoms with Crippen molar-refractivity contribution in [2.24, 2.45) is 0 Å². The highest BCUT2D eigenvalue weighted by atomic mass is 32.2. The molecule has 9 heteroatoms. The minimum Gasteiger partial charge on any atom is -0.490 e. The lowest BCUT2D eigenvalue weighted by molar-refractivity contribution is 0.242. The first-order valence-electron chi connectivity index (χ1n) is 11.0. The molecular weight excluding hydrogens is 456 g/mol. The number of benzene rings is 2. The maximum atomic E-state index is 12.3. The van der Waals surface area contributed by atoms with Gasteiger partial charge in [0.2, 0.25) is 10.0 Å². The fraction of sp³-hybridized carbons (Fsp3) is 0.375. The Labute approximate surface area is 198 Å². The zero-order valence-electron chi connectivity index (χ0n) is 18.8. The summed E-state index contributed by atoms with van der Waals surface area (Å²) in [7, 11) is -3.30. The second-order valence-corrected chi connectivity index (χ2v) is 11.2. The predicted octanol–water partition coefficient (Wildman–Crippen LogP) is 4.85. The van der Waals surface area contributed by atoms with Gasteiger partial charge in [-0.3, -0.25) is 0 Å². The van der Waals surface area contributed by atoms with E-state index in [0.717, 1.165) is 40.1 Å². The van der Waals surface area contributed by atoms with Gasteiger partial charge in [-0.15, -0.1) is 10.2 Å². The monoisotopic (exact) mass is 482 g/mol. The van der Waals surface area contributed by atoms with Gasteiger partial charge in [0, 0.05) is 17.2 Å². The Bertz CT molecular complexity index is 1310. The molecule has 33 heavy (non-hydrogen) atoms. The lowest BCUT2D eigenvalue weighted by Crippen LogP contribution is -2.29. The van der Waals surface area contributed by atoms with Gasteiger partial charge in [0.05, 0.1) is 17.4 Å². The summed E-state index contributed by atoms with van der Waals surface area (Å²) in [5.41, 5.74) is 4.37. The summed E-state index contributed by atoms with van der Waals surface area (Å²) >= 11 is 1.46. The standard InChI is InChI=1S/C24H26N4O3S2/c1-4-12-33(29,30)28-21-10-9-18-19(21)6-5-7-20(18)24-27-26-23(32-24)16-8-11-22(31-15(2)3)17(13-16)14-25/h5-8,11,13,15,21,28H,4,9-10,12H2,1-3H3/t21-/m1/s1. The number of hydrogen-bond acceptors (Lipinski definition) is 7. The van der Waals surface area contributed by atoms with E-state index in [4.69, 9.17) is 4.74 Å². The highest BCUT2D eigenvalue weighted by Gasteiger charge is 2.29. The van der Waals surface area contributed by atoms with Gasteiger partial charge in [-0.05, 0) is 62.4 Å². The maximum absolute atomic E-state index is 12.3. The Morgan fingerprint density at radius 2 is 2.03 bits per heavy atom. The van der Waals surface area contributed by atoms with Crippen LogP contribution in [0.15, 0.2) is 36.4 Å². The molecule has 2 aromatic carbocycles. The second-order valence-electron chi connectivity index (χ2n) is 8.30. The van der Waals surface area contributed by atoms with Crippen LogP contribution in [0.1, 0.15) is 56.3 Å². The van der Waals surface area contributed by atoms with E-state index in [1.807, 2.05) is 45.0 Å². The van der Waals surface area contributed by atoms with Crippen LogP contribution in [0.4, 0.5) is 0 Å². The third-order valence-electron chi connectivity index (χ3n) is 5.43. The Kier molecular flexibility index (Phi) is 6.79. The fourth-order valence-electron chi connectivity index (χ4n) is 4.08. The van der Waals surface area contributed by atoms with E-state index in [1.54, 1.807) is 12.1 Å². The third-order valence-corrected chi connectivity index (χ3v) is 8.03. The number of aromatic nitrogens is 2. The number of rotatable bonds is 8. The van der Waals surface area contributed by atoms with Crippen LogP contribution in [0, 0.1) is 11.3 Å². The average Bonchev–Trinajstić information content (AvgIpc) is 3.41. The highest BCUT2D eigenvalue weighted by Crippen LogP contribution is 2.40. The largest absolute Gasteiger partial charge is 0.490 e. The molecule has 7 nitrogen and oxygen atoms in total. The SMILES string of the molecule is CCCS(=O)(=O)N[C@@H]1CCc2c(-c3nnc(-c4ccc(OC(C)C)c(C#N)c4)s3)cccc21. The van der Waals surface area contributed by atoms with Gasteiger partial charge in [-0.1, -0.05) is 36.5 Å². The van der Waals surface area contributed by atoms with Crippen LogP contribution in [-0.4, -0.2) is 30.5 Å². The molecule has 4 rings (SSSR count). The molecule has 1 aromatic heterocycles. The van der Waals surface area contributed by atoms with Gasteiger partial charge in [0.1, 0.15) is 21.8 Å². The van der Waals surface area contributed by atoms with E-state index in [0.29, 0.717) is 22.7 Å². The van der Waals surface area contributed by atoms with Crippen molar-refractivity contribution in [1.82, 2.24) is 14.9 Å². The summed E-state index contributed by atoms with van der Waals surface area (Å²) in [6.45, 7) is 5.70. The van der Waals surface area contributed by atoms with Crippen molar-refractivity contribution in [2.75, 3.05) is 5.75 Å². The van der Waals surface area contributed by atoms with E-state index in [2.05, 4.69) is 21.0 Å². The molecule has 0 spiro atoms. The van der Waals surface area contributed by atoms with Crippen LogP contribution in [0.25, 0.3) is 21.1 Å². The van der Waals surface area contributed by atoms with E-state index < -0.39 is 10.0 Å². The highest BCUT2D eigenvalue weighted by molar-refractivity contribution is 7.89. The van der Waals surface area contributed by atoms with Crippen LogP contribution < -0.4 is 9.46 Å².